The standard InChI is InChI=1S/C9H9NO3/c1-2-13-9(11)7-4-3-5-8(6-7)10-12/h3-6H,2H2,1H3. The number of esters is 1. The van der Waals surface area contributed by atoms with Crippen LogP contribution in [0, 0.1) is 4.91 Å². The zero-order chi connectivity index (χ0) is 9.68. The molecule has 0 spiro atoms. The molecule has 0 fully saturated rings. The predicted octanol–water partition coefficient (Wildman–Crippen LogP) is 2.26. The van der Waals surface area contributed by atoms with Crippen molar-refractivity contribution < 1.29 is 9.53 Å². The minimum atomic E-state index is -0.437. The number of nitroso groups, excluding NO2 is 1. The van der Waals surface area contributed by atoms with Crippen molar-refractivity contribution in [3.05, 3.63) is 34.7 Å². The molecule has 4 heteroatoms. The van der Waals surface area contributed by atoms with E-state index in [4.69, 9.17) is 4.74 Å². The second kappa shape index (κ2) is 4.35. The van der Waals surface area contributed by atoms with Crippen LogP contribution in [0.15, 0.2) is 29.4 Å². The molecule has 0 N–H and O–H groups in total. The van der Waals surface area contributed by atoms with Crippen molar-refractivity contribution in [3.8, 4) is 0 Å². The molecule has 4 nitrogen and oxygen atoms in total. The van der Waals surface area contributed by atoms with Crippen LogP contribution in [-0.2, 0) is 4.74 Å². The predicted molar refractivity (Wildman–Crippen MR) is 47.9 cm³/mol. The molecule has 0 heterocycles. The van der Waals surface area contributed by atoms with E-state index in [0.717, 1.165) is 0 Å². The highest BCUT2D eigenvalue weighted by Crippen LogP contribution is 2.13. The van der Waals surface area contributed by atoms with E-state index in [1.54, 1.807) is 19.1 Å². The van der Waals surface area contributed by atoms with E-state index < -0.39 is 5.97 Å². The summed E-state index contributed by atoms with van der Waals surface area (Å²) >= 11 is 0. The van der Waals surface area contributed by atoms with Crippen LogP contribution < -0.4 is 0 Å². The summed E-state index contributed by atoms with van der Waals surface area (Å²) < 4.78 is 4.74. The maximum Gasteiger partial charge on any atom is 0.338 e. The first-order valence-corrected chi connectivity index (χ1v) is 3.88. The van der Waals surface area contributed by atoms with Crippen molar-refractivity contribution in [3.63, 3.8) is 0 Å². The summed E-state index contributed by atoms with van der Waals surface area (Å²) in [4.78, 5) is 21.3. The fourth-order valence-corrected chi connectivity index (χ4v) is 0.904. The fourth-order valence-electron chi connectivity index (χ4n) is 0.904. The van der Waals surface area contributed by atoms with Crippen LogP contribution in [0.3, 0.4) is 0 Å². The third-order valence-electron chi connectivity index (χ3n) is 1.46. The van der Waals surface area contributed by atoms with Gasteiger partial charge in [-0.15, -0.1) is 4.91 Å². The van der Waals surface area contributed by atoms with Crippen molar-refractivity contribution in [2.45, 2.75) is 6.92 Å². The molecule has 13 heavy (non-hydrogen) atoms. The number of hydrogen-bond acceptors (Lipinski definition) is 4. The highest BCUT2D eigenvalue weighted by molar-refractivity contribution is 5.90. The number of benzene rings is 1. The van der Waals surface area contributed by atoms with Crippen molar-refractivity contribution in [2.75, 3.05) is 6.61 Å². The zero-order valence-corrected chi connectivity index (χ0v) is 7.19. The number of carbonyl (C=O) groups excluding carboxylic acids is 1. The maximum atomic E-state index is 11.1. The first kappa shape index (κ1) is 9.38. The molecular weight excluding hydrogens is 170 g/mol. The molecule has 0 aliphatic carbocycles. The second-order valence-electron chi connectivity index (χ2n) is 2.36. The summed E-state index contributed by atoms with van der Waals surface area (Å²) in [6, 6.07) is 6.08. The summed E-state index contributed by atoms with van der Waals surface area (Å²) in [7, 11) is 0. The van der Waals surface area contributed by atoms with Crippen LogP contribution in [-0.4, -0.2) is 12.6 Å². The topological polar surface area (TPSA) is 55.7 Å². The van der Waals surface area contributed by atoms with Gasteiger partial charge in [-0.25, -0.2) is 4.79 Å². The van der Waals surface area contributed by atoms with Gasteiger partial charge in [0, 0.05) is 0 Å². The van der Waals surface area contributed by atoms with Crippen molar-refractivity contribution in [1.29, 1.82) is 0 Å². The lowest BCUT2D eigenvalue weighted by molar-refractivity contribution is 0.0526. The third kappa shape index (κ3) is 2.37. The molecule has 0 radical (unpaired) electrons. The Labute approximate surface area is 75.5 Å². The van der Waals surface area contributed by atoms with Crippen molar-refractivity contribution >= 4 is 11.7 Å². The summed E-state index contributed by atoms with van der Waals surface area (Å²) in [6.07, 6.45) is 0. The molecule has 1 aromatic rings. The Hall–Kier alpha value is -1.71. The Morgan fingerprint density at radius 1 is 1.54 bits per heavy atom. The molecule has 68 valence electrons. The van der Waals surface area contributed by atoms with Crippen LogP contribution in [0.5, 0.6) is 0 Å². The Balaban J connectivity index is 2.88. The smallest absolute Gasteiger partial charge is 0.338 e. The van der Waals surface area contributed by atoms with Gasteiger partial charge in [-0.2, -0.15) is 0 Å². The van der Waals surface area contributed by atoms with Gasteiger partial charge in [0.25, 0.3) is 0 Å². The Morgan fingerprint density at radius 2 is 2.31 bits per heavy atom. The van der Waals surface area contributed by atoms with Gasteiger partial charge in [-0.05, 0) is 30.3 Å². The van der Waals surface area contributed by atoms with E-state index in [1.807, 2.05) is 0 Å². The zero-order valence-electron chi connectivity index (χ0n) is 7.19. The number of rotatable bonds is 3. The van der Waals surface area contributed by atoms with Gasteiger partial charge < -0.3 is 4.74 Å². The summed E-state index contributed by atoms with van der Waals surface area (Å²) in [5.41, 5.74) is 0.574. The molecule has 0 aliphatic rings. The van der Waals surface area contributed by atoms with Gasteiger partial charge in [-0.1, -0.05) is 6.07 Å². The molecule has 1 aromatic carbocycles. The Morgan fingerprint density at radius 3 is 2.92 bits per heavy atom. The Kier molecular flexibility index (Phi) is 3.14. The lowest BCUT2D eigenvalue weighted by Gasteiger charge is -2.00. The highest BCUT2D eigenvalue weighted by Gasteiger charge is 2.06. The van der Waals surface area contributed by atoms with E-state index >= 15 is 0 Å². The van der Waals surface area contributed by atoms with Crippen LogP contribution in [0.1, 0.15) is 17.3 Å². The molecular formula is C9H9NO3. The maximum absolute atomic E-state index is 11.1. The van der Waals surface area contributed by atoms with Gasteiger partial charge in [0.2, 0.25) is 0 Å². The number of hydrogen-bond donors (Lipinski definition) is 0. The third-order valence-corrected chi connectivity index (χ3v) is 1.46. The summed E-state index contributed by atoms with van der Waals surface area (Å²) in [5.74, 6) is -0.437. The molecule has 0 aromatic heterocycles. The second-order valence-corrected chi connectivity index (χ2v) is 2.36. The van der Waals surface area contributed by atoms with Gasteiger partial charge in [0.15, 0.2) is 0 Å². The summed E-state index contributed by atoms with van der Waals surface area (Å²) in [5, 5.41) is 2.72. The minimum absolute atomic E-state index is 0.227. The van der Waals surface area contributed by atoms with Gasteiger partial charge in [0.05, 0.1) is 12.2 Å². The van der Waals surface area contributed by atoms with E-state index in [2.05, 4.69) is 5.18 Å². The van der Waals surface area contributed by atoms with Gasteiger partial charge >= 0.3 is 5.97 Å². The molecule has 0 bridgehead atoms. The van der Waals surface area contributed by atoms with E-state index in [-0.39, 0.29) is 5.69 Å². The number of nitrogens with zero attached hydrogens (tertiary/aromatic N) is 1. The van der Waals surface area contributed by atoms with Crippen LogP contribution in [0.25, 0.3) is 0 Å². The van der Waals surface area contributed by atoms with Crippen molar-refractivity contribution in [1.82, 2.24) is 0 Å². The first-order chi connectivity index (χ1) is 6.27. The molecule has 0 atom stereocenters. The lowest BCUT2D eigenvalue weighted by Crippen LogP contribution is -2.03. The normalized spacial score (nSPS) is 9.31. The first-order valence-electron chi connectivity index (χ1n) is 3.88. The van der Waals surface area contributed by atoms with Crippen LogP contribution in [0.4, 0.5) is 5.69 Å². The molecule has 0 saturated carbocycles. The fraction of sp³-hybridized carbons (Fsp3) is 0.222. The molecule has 0 amide bonds. The molecule has 0 saturated heterocycles. The molecule has 0 aliphatic heterocycles. The van der Waals surface area contributed by atoms with Gasteiger partial charge in [-0.3, -0.25) is 0 Å². The van der Waals surface area contributed by atoms with Crippen LogP contribution in [0.2, 0.25) is 0 Å². The van der Waals surface area contributed by atoms with Crippen LogP contribution >= 0.6 is 0 Å². The highest BCUT2D eigenvalue weighted by atomic mass is 16.5. The number of ether oxygens (including phenoxy) is 1. The minimum Gasteiger partial charge on any atom is -0.462 e. The number of carbonyl (C=O) groups is 1. The monoisotopic (exact) mass is 179 g/mol. The molecule has 1 rings (SSSR count). The SMILES string of the molecule is CCOC(=O)c1cccc(N=O)c1. The quantitative estimate of drug-likeness (QED) is 0.528. The average molecular weight is 179 g/mol. The Bertz CT molecular complexity index is 322. The largest absolute Gasteiger partial charge is 0.462 e. The van der Waals surface area contributed by atoms with E-state index in [9.17, 15) is 9.70 Å². The van der Waals surface area contributed by atoms with Gasteiger partial charge in [0.1, 0.15) is 5.69 Å². The summed E-state index contributed by atoms with van der Waals surface area (Å²) in [6.45, 7) is 2.04. The average Bonchev–Trinajstić information content (AvgIpc) is 2.18. The van der Waals surface area contributed by atoms with E-state index in [0.29, 0.717) is 12.2 Å². The lowest BCUT2D eigenvalue weighted by atomic mass is 10.2. The van der Waals surface area contributed by atoms with E-state index in [1.165, 1.54) is 12.1 Å². The molecule has 0 unspecified atom stereocenters. The van der Waals surface area contributed by atoms with Crippen molar-refractivity contribution in [2.24, 2.45) is 5.18 Å².